The third-order valence-electron chi connectivity index (χ3n) is 3.81. The van der Waals surface area contributed by atoms with Gasteiger partial charge in [-0.2, -0.15) is 0 Å². The van der Waals surface area contributed by atoms with Crippen LogP contribution >= 0.6 is 0 Å². The van der Waals surface area contributed by atoms with Crippen molar-refractivity contribution in [1.29, 1.82) is 0 Å². The van der Waals surface area contributed by atoms with Gasteiger partial charge < -0.3 is 0 Å². The SMILES string of the molecule is [SiH2]c1cccc2ccc3cc4ccccc4cc3c12. The van der Waals surface area contributed by atoms with Crippen LogP contribution in [0.3, 0.4) is 0 Å². The second kappa shape index (κ2) is 3.94. The maximum Gasteiger partial charge on any atom is 0.0485 e. The normalized spacial score (nSPS) is 11.4. The average Bonchev–Trinajstić information content (AvgIpc) is 2.45. The summed E-state index contributed by atoms with van der Waals surface area (Å²) in [6.45, 7) is 0. The van der Waals surface area contributed by atoms with E-state index in [0.717, 1.165) is 0 Å². The maximum atomic E-state index is 2.32. The van der Waals surface area contributed by atoms with Gasteiger partial charge in [0.1, 0.15) is 0 Å². The van der Waals surface area contributed by atoms with Crippen LogP contribution in [0.25, 0.3) is 32.3 Å². The first-order valence-electron chi connectivity index (χ1n) is 6.49. The first-order chi connectivity index (χ1) is 9.33. The largest absolute Gasteiger partial charge is 0.0633 e. The van der Waals surface area contributed by atoms with E-state index in [4.69, 9.17) is 0 Å². The zero-order chi connectivity index (χ0) is 12.8. The lowest BCUT2D eigenvalue weighted by Gasteiger charge is -2.08. The predicted molar refractivity (Wildman–Crippen MR) is 87.1 cm³/mol. The molecule has 0 aliphatic rings. The zero-order valence-corrected chi connectivity index (χ0v) is 12.0. The van der Waals surface area contributed by atoms with E-state index in [2.05, 4.69) is 66.7 Å². The molecule has 1 radical (unpaired) electrons. The van der Waals surface area contributed by atoms with Gasteiger partial charge in [0.25, 0.3) is 0 Å². The lowest BCUT2D eigenvalue weighted by Crippen LogP contribution is -2.03. The highest BCUT2D eigenvalue weighted by Crippen LogP contribution is 2.28. The highest BCUT2D eigenvalue weighted by molar-refractivity contribution is 6.41. The Morgan fingerprint density at radius 2 is 1.26 bits per heavy atom. The van der Waals surface area contributed by atoms with Gasteiger partial charge in [0.05, 0.1) is 0 Å². The standard InChI is InChI=1S/C18H13Si/c19-17-7-3-6-12-8-9-15-10-13-4-1-2-5-14(13)11-16(15)18(12)17/h1-11H,19H2. The summed E-state index contributed by atoms with van der Waals surface area (Å²) in [4.78, 5) is 0. The number of fused-ring (bicyclic) bond motifs is 4. The monoisotopic (exact) mass is 257 g/mol. The molecule has 0 saturated heterocycles. The molecule has 0 aliphatic carbocycles. The molecule has 4 aromatic carbocycles. The van der Waals surface area contributed by atoms with Gasteiger partial charge >= 0.3 is 0 Å². The Labute approximate surface area is 115 Å². The second-order valence-electron chi connectivity index (χ2n) is 5.00. The van der Waals surface area contributed by atoms with Gasteiger partial charge in [-0.25, -0.2) is 0 Å². The Hall–Kier alpha value is -2.12. The molecule has 1 heteroatoms. The van der Waals surface area contributed by atoms with E-state index in [1.807, 2.05) is 10.2 Å². The molecule has 0 unspecified atom stereocenters. The first-order valence-corrected chi connectivity index (χ1v) is 7.20. The van der Waals surface area contributed by atoms with E-state index in [1.165, 1.54) is 37.5 Å². The molecule has 0 amide bonds. The minimum absolute atomic E-state index is 1.31. The molecular formula is C18H13Si. The lowest BCUT2D eigenvalue weighted by molar-refractivity contribution is 1.79. The van der Waals surface area contributed by atoms with E-state index < -0.39 is 0 Å². The zero-order valence-electron chi connectivity index (χ0n) is 10.6. The Morgan fingerprint density at radius 3 is 2.11 bits per heavy atom. The quantitative estimate of drug-likeness (QED) is 0.257. The summed E-state index contributed by atoms with van der Waals surface area (Å²) in [5.41, 5.74) is 0. The van der Waals surface area contributed by atoms with Crippen LogP contribution < -0.4 is 5.19 Å². The number of hydrogen-bond donors (Lipinski definition) is 0. The maximum absolute atomic E-state index is 2.32. The topological polar surface area (TPSA) is 0 Å². The molecule has 0 spiro atoms. The van der Waals surface area contributed by atoms with Gasteiger partial charge in [0.15, 0.2) is 0 Å². The van der Waals surface area contributed by atoms with Gasteiger partial charge in [0.2, 0.25) is 0 Å². The number of rotatable bonds is 0. The van der Waals surface area contributed by atoms with Crippen molar-refractivity contribution in [3.63, 3.8) is 0 Å². The smallest absolute Gasteiger partial charge is 0.0485 e. The molecule has 0 bridgehead atoms. The molecule has 0 saturated carbocycles. The number of benzene rings is 4. The van der Waals surface area contributed by atoms with Crippen LogP contribution in [0.5, 0.6) is 0 Å². The van der Waals surface area contributed by atoms with E-state index >= 15 is 0 Å². The predicted octanol–water partition coefficient (Wildman–Crippen LogP) is 3.40. The van der Waals surface area contributed by atoms with Crippen molar-refractivity contribution in [3.05, 3.63) is 66.7 Å². The molecule has 0 nitrogen and oxygen atoms in total. The van der Waals surface area contributed by atoms with Crippen molar-refractivity contribution in [1.82, 2.24) is 0 Å². The lowest BCUT2D eigenvalue weighted by atomic mass is 9.98. The van der Waals surface area contributed by atoms with Crippen molar-refractivity contribution in [2.75, 3.05) is 0 Å². The van der Waals surface area contributed by atoms with Crippen molar-refractivity contribution in [2.45, 2.75) is 0 Å². The van der Waals surface area contributed by atoms with Gasteiger partial charge in [0, 0.05) is 10.2 Å². The minimum Gasteiger partial charge on any atom is -0.0633 e. The molecule has 89 valence electrons. The third kappa shape index (κ3) is 1.59. The van der Waals surface area contributed by atoms with Crippen LogP contribution in [-0.2, 0) is 0 Å². The Balaban J connectivity index is 2.29. The van der Waals surface area contributed by atoms with Crippen LogP contribution in [0.1, 0.15) is 0 Å². The van der Waals surface area contributed by atoms with Crippen LogP contribution in [0.4, 0.5) is 0 Å². The highest BCUT2D eigenvalue weighted by Gasteiger charge is 2.04. The fraction of sp³-hybridized carbons (Fsp3) is 0. The fourth-order valence-corrected chi connectivity index (χ4v) is 3.41. The van der Waals surface area contributed by atoms with Crippen molar-refractivity contribution < 1.29 is 0 Å². The molecule has 0 aromatic heterocycles. The number of hydrogen-bond acceptors (Lipinski definition) is 0. The molecule has 0 atom stereocenters. The summed E-state index contributed by atoms with van der Waals surface area (Å²) in [6, 6.07) is 24.2. The molecular weight excluding hydrogens is 244 g/mol. The molecule has 4 rings (SSSR count). The van der Waals surface area contributed by atoms with E-state index in [0.29, 0.717) is 0 Å². The molecule has 19 heavy (non-hydrogen) atoms. The van der Waals surface area contributed by atoms with Crippen molar-refractivity contribution in [2.24, 2.45) is 0 Å². The second-order valence-corrected chi connectivity index (χ2v) is 5.76. The van der Waals surface area contributed by atoms with Crippen molar-refractivity contribution >= 4 is 47.7 Å². The summed E-state index contributed by atoms with van der Waals surface area (Å²) in [5, 5.41) is 9.41. The average molecular weight is 257 g/mol. The summed E-state index contributed by atoms with van der Waals surface area (Å²) in [6.07, 6.45) is 0. The first kappa shape index (κ1) is 10.8. The molecule has 0 N–H and O–H groups in total. The van der Waals surface area contributed by atoms with Crippen molar-refractivity contribution in [3.8, 4) is 0 Å². The Bertz CT molecular complexity index is 922. The van der Waals surface area contributed by atoms with E-state index in [-0.39, 0.29) is 0 Å². The Morgan fingerprint density at radius 1 is 0.579 bits per heavy atom. The molecule has 0 aliphatic heterocycles. The molecule has 4 aromatic rings. The van der Waals surface area contributed by atoms with Gasteiger partial charge in [-0.1, -0.05) is 59.8 Å². The van der Waals surface area contributed by atoms with Crippen LogP contribution in [-0.4, -0.2) is 10.2 Å². The van der Waals surface area contributed by atoms with Gasteiger partial charge in [-0.3, -0.25) is 0 Å². The molecule has 0 fully saturated rings. The van der Waals surface area contributed by atoms with Crippen LogP contribution in [0.15, 0.2) is 66.7 Å². The van der Waals surface area contributed by atoms with Crippen LogP contribution in [0.2, 0.25) is 0 Å². The van der Waals surface area contributed by atoms with Gasteiger partial charge in [-0.05, 0) is 44.5 Å². The summed E-state index contributed by atoms with van der Waals surface area (Å²) < 4.78 is 0. The summed E-state index contributed by atoms with van der Waals surface area (Å²) >= 11 is 0. The molecule has 0 heterocycles. The van der Waals surface area contributed by atoms with Gasteiger partial charge in [-0.15, -0.1) is 0 Å². The van der Waals surface area contributed by atoms with Crippen LogP contribution in [0, 0.1) is 0 Å². The highest BCUT2D eigenvalue weighted by atomic mass is 28.1. The minimum atomic E-state index is 1.31. The van der Waals surface area contributed by atoms with E-state index in [1.54, 1.807) is 0 Å². The summed E-state index contributed by atoms with van der Waals surface area (Å²) in [5.74, 6) is 0. The Kier molecular flexibility index (Phi) is 2.23. The summed E-state index contributed by atoms with van der Waals surface area (Å²) in [7, 11) is 1.97. The fourth-order valence-electron chi connectivity index (χ4n) is 2.88. The van der Waals surface area contributed by atoms with E-state index in [9.17, 15) is 0 Å². The third-order valence-corrected chi connectivity index (χ3v) is 4.40.